The standard InChI is InChI=1S/C13H16N2O/c1-9-10(2)14-15(13(9)16)11(3)12-7-5-4-6-8-12/h4-8,11,14H,1-3H3/t11-/m0/s1. The van der Waals surface area contributed by atoms with Gasteiger partial charge in [-0.25, -0.2) is 4.68 Å². The van der Waals surface area contributed by atoms with Crippen molar-refractivity contribution in [1.82, 2.24) is 9.78 Å². The topological polar surface area (TPSA) is 37.8 Å². The lowest BCUT2D eigenvalue weighted by Gasteiger charge is -2.12. The van der Waals surface area contributed by atoms with E-state index in [1.54, 1.807) is 4.68 Å². The van der Waals surface area contributed by atoms with E-state index in [4.69, 9.17) is 0 Å². The van der Waals surface area contributed by atoms with Crippen molar-refractivity contribution in [2.75, 3.05) is 0 Å². The second kappa shape index (κ2) is 4.00. The van der Waals surface area contributed by atoms with Crippen molar-refractivity contribution in [2.45, 2.75) is 26.8 Å². The number of benzene rings is 1. The number of aromatic nitrogens is 2. The zero-order valence-corrected chi connectivity index (χ0v) is 9.82. The molecule has 3 nitrogen and oxygen atoms in total. The summed E-state index contributed by atoms with van der Waals surface area (Å²) < 4.78 is 1.68. The van der Waals surface area contributed by atoms with E-state index in [1.165, 1.54) is 0 Å². The Hall–Kier alpha value is -1.77. The normalized spacial score (nSPS) is 12.7. The summed E-state index contributed by atoms with van der Waals surface area (Å²) >= 11 is 0. The molecule has 2 rings (SSSR count). The summed E-state index contributed by atoms with van der Waals surface area (Å²) in [6.45, 7) is 5.79. The average Bonchev–Trinajstić information content (AvgIpc) is 2.57. The third kappa shape index (κ3) is 1.69. The number of rotatable bonds is 2. The summed E-state index contributed by atoms with van der Waals surface area (Å²) in [6, 6.07) is 10.1. The second-order valence-electron chi connectivity index (χ2n) is 4.12. The number of hydrogen-bond donors (Lipinski definition) is 1. The van der Waals surface area contributed by atoms with Gasteiger partial charge in [0.05, 0.1) is 6.04 Å². The molecule has 84 valence electrons. The highest BCUT2D eigenvalue weighted by atomic mass is 16.1. The Bertz CT molecular complexity index is 537. The van der Waals surface area contributed by atoms with E-state index >= 15 is 0 Å². The lowest BCUT2D eigenvalue weighted by atomic mass is 10.1. The summed E-state index contributed by atoms with van der Waals surface area (Å²) in [5.41, 5.74) is 2.93. The first-order chi connectivity index (χ1) is 7.61. The summed E-state index contributed by atoms with van der Waals surface area (Å²) in [7, 11) is 0. The summed E-state index contributed by atoms with van der Waals surface area (Å²) in [6.07, 6.45) is 0. The summed E-state index contributed by atoms with van der Waals surface area (Å²) in [4.78, 5) is 11.9. The van der Waals surface area contributed by atoms with E-state index < -0.39 is 0 Å². The van der Waals surface area contributed by atoms with Crippen LogP contribution in [-0.2, 0) is 0 Å². The third-order valence-corrected chi connectivity index (χ3v) is 3.06. The van der Waals surface area contributed by atoms with E-state index in [1.807, 2.05) is 51.1 Å². The molecule has 0 aliphatic carbocycles. The molecule has 0 bridgehead atoms. The molecule has 1 heterocycles. The van der Waals surface area contributed by atoms with Crippen molar-refractivity contribution in [3.63, 3.8) is 0 Å². The number of H-pyrrole nitrogens is 1. The third-order valence-electron chi connectivity index (χ3n) is 3.06. The fourth-order valence-electron chi connectivity index (χ4n) is 1.81. The zero-order chi connectivity index (χ0) is 11.7. The van der Waals surface area contributed by atoms with Gasteiger partial charge >= 0.3 is 0 Å². The molecule has 2 aromatic rings. The Morgan fingerprint density at radius 3 is 2.31 bits per heavy atom. The van der Waals surface area contributed by atoms with Gasteiger partial charge in [-0.3, -0.25) is 9.89 Å². The van der Waals surface area contributed by atoms with Crippen molar-refractivity contribution in [3.8, 4) is 0 Å². The number of aryl methyl sites for hydroxylation is 1. The van der Waals surface area contributed by atoms with Gasteiger partial charge in [0.15, 0.2) is 0 Å². The first kappa shape index (κ1) is 10.7. The van der Waals surface area contributed by atoms with Crippen molar-refractivity contribution in [1.29, 1.82) is 0 Å². The van der Waals surface area contributed by atoms with Crippen molar-refractivity contribution < 1.29 is 0 Å². The Morgan fingerprint density at radius 2 is 1.81 bits per heavy atom. The molecule has 1 aromatic heterocycles. The number of nitrogens with one attached hydrogen (secondary N) is 1. The van der Waals surface area contributed by atoms with Gasteiger partial charge in [-0.05, 0) is 26.3 Å². The van der Waals surface area contributed by atoms with Gasteiger partial charge in [-0.15, -0.1) is 0 Å². The van der Waals surface area contributed by atoms with Crippen LogP contribution in [0.25, 0.3) is 0 Å². The highest BCUT2D eigenvalue weighted by Gasteiger charge is 2.13. The molecule has 0 aliphatic rings. The van der Waals surface area contributed by atoms with E-state index in [2.05, 4.69) is 5.10 Å². The molecule has 0 amide bonds. The van der Waals surface area contributed by atoms with Crippen LogP contribution in [0, 0.1) is 13.8 Å². The minimum absolute atomic E-state index is 0.0427. The molecule has 1 N–H and O–H groups in total. The van der Waals surface area contributed by atoms with E-state index in [0.29, 0.717) is 0 Å². The minimum atomic E-state index is 0.0427. The molecule has 0 unspecified atom stereocenters. The van der Waals surface area contributed by atoms with Crippen LogP contribution in [0.1, 0.15) is 29.8 Å². The monoisotopic (exact) mass is 216 g/mol. The fourth-order valence-corrected chi connectivity index (χ4v) is 1.81. The maximum Gasteiger partial charge on any atom is 0.270 e. The molecule has 0 saturated heterocycles. The smallest absolute Gasteiger partial charge is 0.270 e. The maximum absolute atomic E-state index is 11.9. The van der Waals surface area contributed by atoms with Crippen molar-refractivity contribution in [2.24, 2.45) is 0 Å². The van der Waals surface area contributed by atoms with Crippen LogP contribution >= 0.6 is 0 Å². The van der Waals surface area contributed by atoms with Gasteiger partial charge in [-0.2, -0.15) is 0 Å². The van der Waals surface area contributed by atoms with Crippen molar-refractivity contribution >= 4 is 0 Å². The van der Waals surface area contributed by atoms with Crippen molar-refractivity contribution in [3.05, 3.63) is 57.5 Å². The molecule has 1 atom stereocenters. The Labute approximate surface area is 94.7 Å². The van der Waals surface area contributed by atoms with E-state index in [-0.39, 0.29) is 11.6 Å². The molecular formula is C13H16N2O. The molecule has 16 heavy (non-hydrogen) atoms. The van der Waals surface area contributed by atoms with Gasteiger partial charge in [0.25, 0.3) is 5.56 Å². The first-order valence-corrected chi connectivity index (χ1v) is 5.44. The number of hydrogen-bond acceptors (Lipinski definition) is 1. The summed E-state index contributed by atoms with van der Waals surface area (Å²) in [5, 5.41) is 3.12. The van der Waals surface area contributed by atoms with E-state index in [0.717, 1.165) is 16.8 Å². The van der Waals surface area contributed by atoms with Crippen LogP contribution in [-0.4, -0.2) is 9.78 Å². The van der Waals surface area contributed by atoms with Gasteiger partial charge < -0.3 is 0 Å². The minimum Gasteiger partial charge on any atom is -0.299 e. The van der Waals surface area contributed by atoms with Gasteiger partial charge in [-0.1, -0.05) is 30.3 Å². The zero-order valence-electron chi connectivity index (χ0n) is 9.82. The van der Waals surface area contributed by atoms with Crippen LogP contribution in [0.5, 0.6) is 0 Å². The van der Waals surface area contributed by atoms with Gasteiger partial charge in [0, 0.05) is 11.3 Å². The Balaban J connectivity index is 2.46. The lowest BCUT2D eigenvalue weighted by Crippen LogP contribution is -2.22. The number of aromatic amines is 1. The predicted octanol–water partition coefficient (Wildman–Crippen LogP) is 2.40. The highest BCUT2D eigenvalue weighted by molar-refractivity contribution is 5.21. The van der Waals surface area contributed by atoms with Gasteiger partial charge in [0.1, 0.15) is 0 Å². The highest BCUT2D eigenvalue weighted by Crippen LogP contribution is 2.15. The molecule has 0 radical (unpaired) electrons. The fraction of sp³-hybridized carbons (Fsp3) is 0.308. The quantitative estimate of drug-likeness (QED) is 0.822. The molecule has 0 aliphatic heterocycles. The first-order valence-electron chi connectivity index (χ1n) is 5.44. The second-order valence-corrected chi connectivity index (χ2v) is 4.12. The SMILES string of the molecule is Cc1[nH]n([C@@H](C)c2ccccc2)c(=O)c1C. The molecule has 0 spiro atoms. The average molecular weight is 216 g/mol. The molecule has 1 aromatic carbocycles. The predicted molar refractivity (Wildman–Crippen MR) is 64.8 cm³/mol. The molecule has 0 saturated carbocycles. The summed E-state index contributed by atoms with van der Waals surface area (Å²) in [5.74, 6) is 0. The van der Waals surface area contributed by atoms with Crippen LogP contribution in [0.2, 0.25) is 0 Å². The lowest BCUT2D eigenvalue weighted by molar-refractivity contribution is 0.544. The molecular weight excluding hydrogens is 200 g/mol. The number of nitrogens with zero attached hydrogens (tertiary/aromatic N) is 1. The van der Waals surface area contributed by atoms with Crippen LogP contribution in [0.15, 0.2) is 35.1 Å². The molecule has 3 heteroatoms. The van der Waals surface area contributed by atoms with Gasteiger partial charge in [0.2, 0.25) is 0 Å². The van der Waals surface area contributed by atoms with E-state index in [9.17, 15) is 4.79 Å². The van der Waals surface area contributed by atoms with Crippen LogP contribution < -0.4 is 5.56 Å². The Kier molecular flexibility index (Phi) is 2.69. The van der Waals surface area contributed by atoms with Crippen LogP contribution in [0.4, 0.5) is 0 Å². The largest absolute Gasteiger partial charge is 0.299 e. The Morgan fingerprint density at radius 1 is 1.19 bits per heavy atom. The maximum atomic E-state index is 11.9. The molecule has 0 fully saturated rings. The van der Waals surface area contributed by atoms with Crippen LogP contribution in [0.3, 0.4) is 0 Å².